The Kier molecular flexibility index (Phi) is 3.53. The number of hydrogen-bond acceptors (Lipinski definition) is 3. The highest BCUT2D eigenvalue weighted by Crippen LogP contribution is 2.34. The minimum atomic E-state index is 0.0395. The van der Waals surface area contributed by atoms with E-state index in [1.54, 1.807) is 0 Å². The number of nitrogens with one attached hydrogen (secondary N) is 1. The topological polar surface area (TPSA) is 21.3 Å². The van der Waals surface area contributed by atoms with Crippen LogP contribution in [-0.4, -0.2) is 23.7 Å². The van der Waals surface area contributed by atoms with Crippen LogP contribution in [0.5, 0.6) is 5.75 Å². The van der Waals surface area contributed by atoms with Gasteiger partial charge < -0.3 is 10.1 Å². The molecule has 0 atom stereocenters. The van der Waals surface area contributed by atoms with Crippen molar-refractivity contribution < 1.29 is 4.74 Å². The zero-order valence-electron chi connectivity index (χ0n) is 11.0. The van der Waals surface area contributed by atoms with Crippen LogP contribution >= 0.6 is 11.8 Å². The third-order valence-corrected chi connectivity index (χ3v) is 5.00. The molecule has 3 heteroatoms. The molecular formula is C15H21NOS. The maximum atomic E-state index is 6.39. The molecule has 3 rings (SSSR count). The van der Waals surface area contributed by atoms with Crippen LogP contribution < -0.4 is 10.1 Å². The molecule has 0 saturated carbocycles. The van der Waals surface area contributed by atoms with Crippen LogP contribution in [0.4, 0.5) is 0 Å². The molecule has 0 spiro atoms. The molecule has 18 heavy (non-hydrogen) atoms. The summed E-state index contributed by atoms with van der Waals surface area (Å²) in [4.78, 5) is 0. The van der Waals surface area contributed by atoms with Gasteiger partial charge in [-0.1, -0.05) is 12.1 Å². The van der Waals surface area contributed by atoms with E-state index in [-0.39, 0.29) is 5.60 Å². The lowest BCUT2D eigenvalue weighted by atomic mass is 9.97. The standard InChI is InChI=1S/C15H21NOS/c1-15(6-9-18-10-7-15)17-14-4-2-3-12-5-8-16-11-13(12)14/h2-4,16H,5-11H2,1H3. The monoisotopic (exact) mass is 263 g/mol. The van der Waals surface area contributed by atoms with Gasteiger partial charge in [0.05, 0.1) is 0 Å². The van der Waals surface area contributed by atoms with Crippen molar-refractivity contribution in [3.05, 3.63) is 29.3 Å². The zero-order chi connectivity index (χ0) is 12.4. The molecule has 1 saturated heterocycles. The summed E-state index contributed by atoms with van der Waals surface area (Å²) in [5, 5.41) is 3.45. The lowest BCUT2D eigenvalue weighted by Gasteiger charge is -2.35. The van der Waals surface area contributed by atoms with E-state index < -0.39 is 0 Å². The second-order valence-electron chi connectivity index (χ2n) is 5.48. The summed E-state index contributed by atoms with van der Waals surface area (Å²) in [6.07, 6.45) is 3.45. The van der Waals surface area contributed by atoms with Crippen LogP contribution in [0, 0.1) is 0 Å². The van der Waals surface area contributed by atoms with Crippen molar-refractivity contribution in [1.29, 1.82) is 0 Å². The summed E-state index contributed by atoms with van der Waals surface area (Å²) >= 11 is 2.04. The van der Waals surface area contributed by atoms with Gasteiger partial charge in [0.2, 0.25) is 0 Å². The SMILES string of the molecule is CC1(Oc2cccc3c2CNCC3)CCSCC1. The maximum absolute atomic E-state index is 6.39. The molecule has 0 amide bonds. The number of rotatable bonds is 2. The smallest absolute Gasteiger partial charge is 0.124 e. The van der Waals surface area contributed by atoms with Gasteiger partial charge in [0.25, 0.3) is 0 Å². The Morgan fingerprint density at radius 3 is 2.94 bits per heavy atom. The lowest BCUT2D eigenvalue weighted by Crippen LogP contribution is -2.37. The van der Waals surface area contributed by atoms with Gasteiger partial charge in [0.1, 0.15) is 11.4 Å². The summed E-state index contributed by atoms with van der Waals surface area (Å²) in [5.74, 6) is 3.56. The molecule has 1 aromatic carbocycles. The summed E-state index contributed by atoms with van der Waals surface area (Å²) in [5.41, 5.74) is 2.88. The van der Waals surface area contributed by atoms with E-state index in [1.807, 2.05) is 11.8 Å². The summed E-state index contributed by atoms with van der Waals surface area (Å²) < 4.78 is 6.39. The van der Waals surface area contributed by atoms with Crippen LogP contribution in [0.25, 0.3) is 0 Å². The van der Waals surface area contributed by atoms with Crippen molar-refractivity contribution >= 4 is 11.8 Å². The van der Waals surface area contributed by atoms with Crippen LogP contribution in [-0.2, 0) is 13.0 Å². The predicted molar refractivity (Wildman–Crippen MR) is 77.4 cm³/mol. The van der Waals surface area contributed by atoms with Gasteiger partial charge in [-0.3, -0.25) is 0 Å². The van der Waals surface area contributed by atoms with E-state index in [0.29, 0.717) is 0 Å². The fourth-order valence-corrected chi connectivity index (χ4v) is 4.11. The number of thioether (sulfide) groups is 1. The van der Waals surface area contributed by atoms with E-state index in [9.17, 15) is 0 Å². The highest BCUT2D eigenvalue weighted by atomic mass is 32.2. The molecular weight excluding hydrogens is 242 g/mol. The van der Waals surface area contributed by atoms with Crippen molar-refractivity contribution in [3.8, 4) is 5.75 Å². The number of hydrogen-bond donors (Lipinski definition) is 1. The summed E-state index contributed by atoms with van der Waals surface area (Å²) in [6, 6.07) is 6.52. The van der Waals surface area contributed by atoms with Gasteiger partial charge in [0.15, 0.2) is 0 Å². The minimum absolute atomic E-state index is 0.0395. The Hall–Kier alpha value is -0.670. The molecule has 2 nitrogen and oxygen atoms in total. The Morgan fingerprint density at radius 1 is 1.28 bits per heavy atom. The van der Waals surface area contributed by atoms with Crippen LogP contribution in [0.2, 0.25) is 0 Å². The lowest BCUT2D eigenvalue weighted by molar-refractivity contribution is 0.0783. The van der Waals surface area contributed by atoms with Gasteiger partial charge in [-0.15, -0.1) is 0 Å². The second kappa shape index (κ2) is 5.14. The second-order valence-corrected chi connectivity index (χ2v) is 6.71. The first kappa shape index (κ1) is 12.4. The van der Waals surface area contributed by atoms with Gasteiger partial charge in [-0.05, 0) is 55.9 Å². The molecule has 2 heterocycles. The maximum Gasteiger partial charge on any atom is 0.124 e. The van der Waals surface area contributed by atoms with E-state index >= 15 is 0 Å². The van der Waals surface area contributed by atoms with Crippen LogP contribution in [0.3, 0.4) is 0 Å². The summed E-state index contributed by atoms with van der Waals surface area (Å²) in [6.45, 7) is 4.31. The molecule has 98 valence electrons. The number of ether oxygens (including phenoxy) is 1. The van der Waals surface area contributed by atoms with Crippen molar-refractivity contribution in [2.75, 3.05) is 18.1 Å². The van der Waals surface area contributed by atoms with Gasteiger partial charge >= 0.3 is 0 Å². The largest absolute Gasteiger partial charge is 0.487 e. The molecule has 0 bridgehead atoms. The molecule has 1 aromatic rings. The third kappa shape index (κ3) is 2.52. The highest BCUT2D eigenvalue weighted by molar-refractivity contribution is 7.99. The van der Waals surface area contributed by atoms with E-state index in [0.717, 1.165) is 38.1 Å². The predicted octanol–water partition coefficient (Wildman–Crippen LogP) is 3.00. The molecule has 2 aliphatic heterocycles. The van der Waals surface area contributed by atoms with Crippen molar-refractivity contribution in [2.24, 2.45) is 0 Å². The summed E-state index contributed by atoms with van der Waals surface area (Å²) in [7, 11) is 0. The third-order valence-electron chi connectivity index (χ3n) is 4.01. The molecule has 0 unspecified atom stereocenters. The van der Waals surface area contributed by atoms with Crippen molar-refractivity contribution in [1.82, 2.24) is 5.32 Å². The average molecular weight is 263 g/mol. The fourth-order valence-electron chi connectivity index (χ4n) is 2.75. The first-order valence-electron chi connectivity index (χ1n) is 6.85. The molecule has 0 radical (unpaired) electrons. The Morgan fingerprint density at radius 2 is 2.11 bits per heavy atom. The first-order valence-corrected chi connectivity index (χ1v) is 8.01. The van der Waals surface area contributed by atoms with Crippen LogP contribution in [0.1, 0.15) is 30.9 Å². The molecule has 2 aliphatic rings. The molecule has 0 aromatic heterocycles. The minimum Gasteiger partial charge on any atom is -0.487 e. The Labute approximate surface area is 113 Å². The van der Waals surface area contributed by atoms with Gasteiger partial charge in [-0.2, -0.15) is 11.8 Å². The van der Waals surface area contributed by atoms with E-state index in [4.69, 9.17) is 4.74 Å². The Balaban J connectivity index is 1.83. The van der Waals surface area contributed by atoms with Crippen molar-refractivity contribution in [2.45, 2.75) is 38.3 Å². The van der Waals surface area contributed by atoms with Gasteiger partial charge in [-0.25, -0.2) is 0 Å². The van der Waals surface area contributed by atoms with E-state index in [2.05, 4.69) is 30.4 Å². The molecule has 0 aliphatic carbocycles. The average Bonchev–Trinajstić information content (AvgIpc) is 2.40. The fraction of sp³-hybridized carbons (Fsp3) is 0.600. The first-order chi connectivity index (χ1) is 8.77. The van der Waals surface area contributed by atoms with Crippen molar-refractivity contribution in [3.63, 3.8) is 0 Å². The highest BCUT2D eigenvalue weighted by Gasteiger charge is 2.30. The zero-order valence-corrected chi connectivity index (χ0v) is 11.8. The van der Waals surface area contributed by atoms with E-state index in [1.165, 1.54) is 22.6 Å². The Bertz CT molecular complexity index is 427. The molecule has 1 N–H and O–H groups in total. The van der Waals surface area contributed by atoms with Gasteiger partial charge in [0, 0.05) is 12.1 Å². The quantitative estimate of drug-likeness (QED) is 0.886. The normalized spacial score (nSPS) is 22.3. The molecule has 1 fully saturated rings. The number of benzene rings is 1. The van der Waals surface area contributed by atoms with Crippen LogP contribution in [0.15, 0.2) is 18.2 Å². The number of fused-ring (bicyclic) bond motifs is 1.